The molecule has 0 unspecified atom stereocenters. The second kappa shape index (κ2) is 11.3. The third-order valence-corrected chi connectivity index (χ3v) is 4.38. The summed E-state index contributed by atoms with van der Waals surface area (Å²) in [5.74, 6) is -0.496. The minimum absolute atomic E-state index is 0.0895. The number of allylic oxidation sites excluding steroid dienone is 2. The van der Waals surface area contributed by atoms with Crippen LogP contribution in [-0.2, 0) is 13.6 Å². The highest BCUT2D eigenvalue weighted by atomic mass is 19.1. The average molecular weight is 387 g/mol. The van der Waals surface area contributed by atoms with Crippen LogP contribution in [0.25, 0.3) is 0 Å². The third-order valence-electron chi connectivity index (χ3n) is 4.38. The topological polar surface area (TPSA) is 56.1 Å². The van der Waals surface area contributed by atoms with E-state index in [1.807, 2.05) is 6.92 Å². The number of hydrogen-bond donors (Lipinski definition) is 1. The number of amides is 1. The van der Waals surface area contributed by atoms with E-state index in [4.69, 9.17) is 4.74 Å². The van der Waals surface area contributed by atoms with Gasteiger partial charge in [-0.1, -0.05) is 44.1 Å². The van der Waals surface area contributed by atoms with Crippen molar-refractivity contribution in [1.82, 2.24) is 15.1 Å². The number of aryl methyl sites for hydroxylation is 2. The largest absolute Gasteiger partial charge is 0.490 e. The lowest BCUT2D eigenvalue weighted by atomic mass is 10.2. The molecular formula is C22H30FN3O2. The highest BCUT2D eigenvalue weighted by Crippen LogP contribution is 2.21. The molecule has 0 spiro atoms. The van der Waals surface area contributed by atoms with Crippen LogP contribution >= 0.6 is 0 Å². The van der Waals surface area contributed by atoms with Crippen LogP contribution in [0.1, 0.15) is 60.8 Å². The number of nitrogens with zero attached hydrogens (tertiary/aromatic N) is 2. The van der Waals surface area contributed by atoms with Crippen LogP contribution in [0.2, 0.25) is 0 Å². The van der Waals surface area contributed by atoms with Gasteiger partial charge in [-0.05, 0) is 38.3 Å². The monoisotopic (exact) mass is 387 g/mol. The summed E-state index contributed by atoms with van der Waals surface area (Å²) in [4.78, 5) is 12.3. The van der Waals surface area contributed by atoms with Crippen molar-refractivity contribution in [3.05, 3.63) is 59.2 Å². The minimum atomic E-state index is -0.428. The highest BCUT2D eigenvalue weighted by molar-refractivity contribution is 5.92. The number of carbonyl (C=O) groups is 1. The molecule has 1 heterocycles. The Morgan fingerprint density at radius 1 is 1.29 bits per heavy atom. The van der Waals surface area contributed by atoms with Crippen LogP contribution in [0.4, 0.5) is 4.39 Å². The highest BCUT2D eigenvalue weighted by Gasteiger charge is 2.14. The van der Waals surface area contributed by atoms with E-state index in [2.05, 4.69) is 29.5 Å². The van der Waals surface area contributed by atoms with Crippen molar-refractivity contribution in [2.24, 2.45) is 7.05 Å². The number of benzene rings is 1. The molecule has 0 bridgehead atoms. The Balaban J connectivity index is 1.82. The number of unbranched alkanes of at least 4 members (excludes halogenated alkanes) is 3. The van der Waals surface area contributed by atoms with Crippen molar-refractivity contribution in [2.45, 2.75) is 52.5 Å². The van der Waals surface area contributed by atoms with E-state index in [1.54, 1.807) is 31.3 Å². The van der Waals surface area contributed by atoms with Crippen LogP contribution in [0.15, 0.2) is 36.4 Å². The fourth-order valence-electron chi connectivity index (χ4n) is 2.83. The first kappa shape index (κ1) is 21.7. The normalized spacial score (nSPS) is 11.1. The van der Waals surface area contributed by atoms with E-state index in [9.17, 15) is 9.18 Å². The van der Waals surface area contributed by atoms with Gasteiger partial charge in [0.15, 0.2) is 11.6 Å². The number of carbonyl (C=O) groups excluding carboxylic acids is 1. The van der Waals surface area contributed by atoms with Gasteiger partial charge >= 0.3 is 0 Å². The van der Waals surface area contributed by atoms with E-state index >= 15 is 0 Å². The van der Waals surface area contributed by atoms with Crippen molar-refractivity contribution in [3.63, 3.8) is 0 Å². The summed E-state index contributed by atoms with van der Waals surface area (Å²) in [6, 6.07) is 6.69. The van der Waals surface area contributed by atoms with Gasteiger partial charge in [0, 0.05) is 19.2 Å². The van der Waals surface area contributed by atoms with Gasteiger partial charge in [-0.15, -0.1) is 0 Å². The Bertz CT molecular complexity index is 799. The summed E-state index contributed by atoms with van der Waals surface area (Å²) in [5.41, 5.74) is 1.59. The fourth-order valence-corrected chi connectivity index (χ4v) is 2.83. The summed E-state index contributed by atoms with van der Waals surface area (Å²) < 4.78 is 21.7. The number of ether oxygens (including phenoxy) is 1. The Kier molecular flexibility index (Phi) is 8.72. The van der Waals surface area contributed by atoms with Gasteiger partial charge in [-0.2, -0.15) is 5.10 Å². The predicted octanol–water partition coefficient (Wildman–Crippen LogP) is 4.70. The van der Waals surface area contributed by atoms with E-state index < -0.39 is 5.82 Å². The van der Waals surface area contributed by atoms with Crippen LogP contribution in [0, 0.1) is 12.7 Å². The molecule has 152 valence electrons. The smallest absolute Gasteiger partial charge is 0.269 e. The Hall–Kier alpha value is -2.63. The quantitative estimate of drug-likeness (QED) is 0.449. The molecule has 0 atom stereocenters. The molecule has 0 aliphatic heterocycles. The molecule has 5 nitrogen and oxygen atoms in total. The number of hydrogen-bond acceptors (Lipinski definition) is 3. The molecule has 1 aromatic heterocycles. The van der Waals surface area contributed by atoms with E-state index in [0.717, 1.165) is 25.0 Å². The fraction of sp³-hybridized carbons (Fsp3) is 0.455. The second-order valence-electron chi connectivity index (χ2n) is 6.81. The first-order valence-corrected chi connectivity index (χ1v) is 9.87. The molecule has 0 saturated carbocycles. The van der Waals surface area contributed by atoms with Gasteiger partial charge in [0.25, 0.3) is 5.91 Å². The average Bonchev–Trinajstić information content (AvgIpc) is 3.02. The molecule has 0 fully saturated rings. The van der Waals surface area contributed by atoms with Crippen molar-refractivity contribution in [1.29, 1.82) is 0 Å². The maximum atomic E-state index is 14.6. The molecule has 0 aliphatic rings. The van der Waals surface area contributed by atoms with E-state index in [1.165, 1.54) is 17.5 Å². The number of aromatic nitrogens is 2. The summed E-state index contributed by atoms with van der Waals surface area (Å²) in [6.07, 6.45) is 9.62. The minimum Gasteiger partial charge on any atom is -0.490 e. The molecule has 6 heteroatoms. The third kappa shape index (κ3) is 6.51. The standard InChI is InChI=1S/C22H30FN3O2/c1-4-5-6-7-8-9-10-14-28-20-13-11-12-18(21(20)23)16-24-22(27)19-15-17(2)25-26(19)3/h7-8,11-13,15H,4-6,9-10,14,16H2,1-3H3,(H,24,27). The Morgan fingerprint density at radius 3 is 2.71 bits per heavy atom. The van der Waals surface area contributed by atoms with Gasteiger partial charge in [0.2, 0.25) is 0 Å². The van der Waals surface area contributed by atoms with Crippen LogP contribution < -0.4 is 10.1 Å². The van der Waals surface area contributed by atoms with Crippen LogP contribution in [0.5, 0.6) is 5.75 Å². The number of nitrogens with one attached hydrogen (secondary N) is 1. The molecular weight excluding hydrogens is 357 g/mol. The van der Waals surface area contributed by atoms with Crippen molar-refractivity contribution < 1.29 is 13.9 Å². The summed E-state index contributed by atoms with van der Waals surface area (Å²) in [6.45, 7) is 4.54. The zero-order valence-corrected chi connectivity index (χ0v) is 17.0. The lowest BCUT2D eigenvalue weighted by Gasteiger charge is -2.11. The summed E-state index contributed by atoms with van der Waals surface area (Å²) in [7, 11) is 1.70. The number of rotatable bonds is 11. The van der Waals surface area contributed by atoms with Crippen molar-refractivity contribution >= 4 is 5.91 Å². The molecule has 0 aliphatic carbocycles. The number of halogens is 1. The van der Waals surface area contributed by atoms with Gasteiger partial charge < -0.3 is 10.1 Å². The van der Waals surface area contributed by atoms with Crippen molar-refractivity contribution in [2.75, 3.05) is 6.61 Å². The van der Waals surface area contributed by atoms with E-state index in [-0.39, 0.29) is 18.2 Å². The molecule has 28 heavy (non-hydrogen) atoms. The zero-order valence-electron chi connectivity index (χ0n) is 17.0. The van der Waals surface area contributed by atoms with Crippen LogP contribution in [-0.4, -0.2) is 22.3 Å². The molecule has 0 saturated heterocycles. The maximum absolute atomic E-state index is 14.6. The van der Waals surface area contributed by atoms with Crippen LogP contribution in [0.3, 0.4) is 0 Å². The van der Waals surface area contributed by atoms with E-state index in [0.29, 0.717) is 17.9 Å². The molecule has 1 amide bonds. The zero-order chi connectivity index (χ0) is 20.4. The van der Waals surface area contributed by atoms with Gasteiger partial charge in [0.1, 0.15) is 5.69 Å². The lowest BCUT2D eigenvalue weighted by molar-refractivity contribution is 0.0941. The first-order valence-electron chi connectivity index (χ1n) is 9.87. The lowest BCUT2D eigenvalue weighted by Crippen LogP contribution is -2.25. The maximum Gasteiger partial charge on any atom is 0.269 e. The van der Waals surface area contributed by atoms with Gasteiger partial charge in [-0.25, -0.2) is 4.39 Å². The first-order chi connectivity index (χ1) is 13.5. The molecule has 0 radical (unpaired) electrons. The van der Waals surface area contributed by atoms with Crippen molar-refractivity contribution in [3.8, 4) is 5.75 Å². The predicted molar refractivity (Wildman–Crippen MR) is 109 cm³/mol. The molecule has 2 aromatic rings. The molecule has 1 N–H and O–H groups in total. The Morgan fingerprint density at radius 2 is 2.04 bits per heavy atom. The second-order valence-corrected chi connectivity index (χ2v) is 6.81. The molecule has 1 aromatic carbocycles. The molecule has 2 rings (SSSR count). The summed E-state index contributed by atoms with van der Waals surface area (Å²) in [5, 5.41) is 6.88. The SMILES string of the molecule is CCCCC=CCCCOc1cccc(CNC(=O)c2cc(C)nn2C)c1F. The van der Waals surface area contributed by atoms with Gasteiger partial charge in [-0.3, -0.25) is 9.48 Å². The Labute approximate surface area is 166 Å². The summed E-state index contributed by atoms with van der Waals surface area (Å²) >= 11 is 0. The van der Waals surface area contributed by atoms with Gasteiger partial charge in [0.05, 0.1) is 12.3 Å².